The summed E-state index contributed by atoms with van der Waals surface area (Å²) in [5, 5.41) is 10.9. The fourth-order valence-corrected chi connectivity index (χ4v) is 5.09. The normalized spacial score (nSPS) is 16.4. The monoisotopic (exact) mass is 453 g/mol. The Morgan fingerprint density at radius 3 is 2.29 bits per heavy atom. The molecule has 3 aromatic rings. The van der Waals surface area contributed by atoms with E-state index in [1.165, 1.54) is 23.1 Å². The Morgan fingerprint density at radius 1 is 1.00 bits per heavy atom. The number of piperidine rings is 1. The molecule has 0 saturated carbocycles. The Bertz CT molecular complexity index is 1130. The molecule has 0 amide bonds. The van der Waals surface area contributed by atoms with Crippen LogP contribution in [0, 0.1) is 0 Å². The smallest absolute Gasteiger partial charge is 0.417 e. The highest BCUT2D eigenvalue weighted by Crippen LogP contribution is 2.35. The van der Waals surface area contributed by atoms with E-state index in [-0.39, 0.29) is 19.2 Å². The summed E-state index contributed by atoms with van der Waals surface area (Å²) in [6, 6.07) is 11.3. The van der Waals surface area contributed by atoms with Crippen LogP contribution in [0.4, 0.5) is 13.2 Å². The summed E-state index contributed by atoms with van der Waals surface area (Å²) in [6.45, 7) is 0.143. The van der Waals surface area contributed by atoms with E-state index in [0.29, 0.717) is 18.6 Å². The van der Waals surface area contributed by atoms with Crippen molar-refractivity contribution < 1.29 is 26.3 Å². The Labute approximate surface area is 176 Å². The third kappa shape index (κ3) is 4.54. The highest BCUT2D eigenvalue weighted by Gasteiger charge is 2.39. The third-order valence-corrected chi connectivity index (χ3v) is 6.92. The van der Waals surface area contributed by atoms with E-state index >= 15 is 0 Å². The summed E-state index contributed by atoms with van der Waals surface area (Å²) in [7, 11) is -4.27. The summed E-state index contributed by atoms with van der Waals surface area (Å²) in [4.78, 5) is -0.722. The van der Waals surface area contributed by atoms with Gasteiger partial charge in [-0.1, -0.05) is 12.1 Å². The molecule has 1 fully saturated rings. The van der Waals surface area contributed by atoms with Gasteiger partial charge in [0.1, 0.15) is 18.2 Å². The maximum Gasteiger partial charge on any atom is 0.417 e. The predicted octanol–water partition coefficient (Wildman–Crippen LogP) is 2.91. The van der Waals surface area contributed by atoms with Crippen LogP contribution in [0.15, 0.2) is 59.8 Å². The first-order valence-corrected chi connectivity index (χ1v) is 10.9. The fourth-order valence-electron chi connectivity index (χ4n) is 3.40. The van der Waals surface area contributed by atoms with Gasteiger partial charge in [0, 0.05) is 13.1 Å². The lowest BCUT2D eigenvalue weighted by atomic mass is 10.1. The minimum absolute atomic E-state index is 0.0713. The van der Waals surface area contributed by atoms with E-state index < -0.39 is 26.7 Å². The van der Waals surface area contributed by atoms with E-state index in [1.54, 1.807) is 24.3 Å². The van der Waals surface area contributed by atoms with E-state index in [0.717, 1.165) is 22.1 Å². The van der Waals surface area contributed by atoms with Crippen LogP contribution < -0.4 is 4.74 Å². The summed E-state index contributed by atoms with van der Waals surface area (Å²) >= 11 is 0. The van der Waals surface area contributed by atoms with Gasteiger partial charge in [0.25, 0.3) is 0 Å². The van der Waals surface area contributed by atoms with E-state index in [4.69, 9.17) is 4.74 Å². The van der Waals surface area contributed by atoms with Crippen molar-refractivity contribution >= 4 is 10.0 Å². The molecule has 31 heavy (non-hydrogen) atoms. The minimum atomic E-state index is -4.75. The van der Waals surface area contributed by atoms with Crippen molar-refractivity contribution in [2.75, 3.05) is 13.1 Å². The molecule has 0 spiro atoms. The first-order valence-electron chi connectivity index (χ1n) is 9.41. The number of rotatable bonds is 5. The zero-order chi connectivity index (χ0) is 22.1. The molecule has 0 N–H and O–H groups in total. The minimum Gasteiger partial charge on any atom is -0.490 e. The van der Waals surface area contributed by atoms with Gasteiger partial charge in [-0.25, -0.2) is 13.1 Å². The molecular weight excluding hydrogens is 435 g/mol. The molecule has 1 saturated heterocycles. The van der Waals surface area contributed by atoms with Crippen molar-refractivity contribution in [2.24, 2.45) is 0 Å². The molecule has 0 aliphatic carbocycles. The van der Waals surface area contributed by atoms with Crippen LogP contribution >= 0.6 is 0 Å². The molecule has 1 aliphatic rings. The molecule has 4 rings (SSSR count). The Kier molecular flexibility index (Phi) is 5.67. The quantitative estimate of drug-likeness (QED) is 0.590. The number of alkyl halides is 3. The second-order valence-electron chi connectivity index (χ2n) is 6.96. The maximum atomic E-state index is 13.3. The summed E-state index contributed by atoms with van der Waals surface area (Å²) in [5.74, 6) is 0.598. The lowest BCUT2D eigenvalue weighted by Gasteiger charge is -2.32. The van der Waals surface area contributed by atoms with Crippen molar-refractivity contribution in [1.29, 1.82) is 0 Å². The number of nitrogens with zero attached hydrogens (tertiary/aromatic N) is 5. The standard InChI is InChI=1S/C19H18F3N5O3S/c20-19(21,22)17-3-1-2-4-18(17)31(28,29)26-11-9-16(10-12-26)30-15-7-5-14(6-8-15)27-13-23-24-25-27/h1-8,13,16H,9-12H2. The third-order valence-electron chi connectivity index (χ3n) is 4.96. The number of tetrazole rings is 1. The van der Waals surface area contributed by atoms with E-state index in [9.17, 15) is 21.6 Å². The highest BCUT2D eigenvalue weighted by atomic mass is 32.2. The molecule has 2 aromatic carbocycles. The lowest BCUT2D eigenvalue weighted by molar-refractivity contribution is -0.139. The average Bonchev–Trinajstić information content (AvgIpc) is 3.29. The molecule has 2 heterocycles. The van der Waals surface area contributed by atoms with Gasteiger partial charge in [0.05, 0.1) is 16.1 Å². The first-order chi connectivity index (χ1) is 14.7. The van der Waals surface area contributed by atoms with E-state index in [1.807, 2.05) is 0 Å². The summed E-state index contributed by atoms with van der Waals surface area (Å²) < 4.78 is 73.9. The maximum absolute atomic E-state index is 13.3. The number of hydrogen-bond donors (Lipinski definition) is 0. The van der Waals surface area contributed by atoms with Crippen molar-refractivity contribution in [1.82, 2.24) is 24.5 Å². The largest absolute Gasteiger partial charge is 0.490 e. The lowest BCUT2D eigenvalue weighted by Crippen LogP contribution is -2.42. The first kappa shape index (κ1) is 21.2. The second kappa shape index (κ2) is 8.27. The van der Waals surface area contributed by atoms with Crippen LogP contribution in [0.5, 0.6) is 5.75 Å². The van der Waals surface area contributed by atoms with Gasteiger partial charge in [-0.05, 0) is 59.7 Å². The molecule has 0 bridgehead atoms. The SMILES string of the molecule is O=S(=O)(c1ccccc1C(F)(F)F)N1CCC(Oc2ccc(-n3cnnn3)cc2)CC1. The van der Waals surface area contributed by atoms with Crippen molar-refractivity contribution in [3.8, 4) is 11.4 Å². The van der Waals surface area contributed by atoms with E-state index in [2.05, 4.69) is 15.5 Å². The molecule has 0 unspecified atom stereocenters. The van der Waals surface area contributed by atoms with Gasteiger partial charge in [0.2, 0.25) is 10.0 Å². The van der Waals surface area contributed by atoms with Gasteiger partial charge < -0.3 is 4.74 Å². The Morgan fingerprint density at radius 2 is 1.68 bits per heavy atom. The molecule has 12 heteroatoms. The number of sulfonamides is 1. The van der Waals surface area contributed by atoms with Gasteiger partial charge in [-0.3, -0.25) is 0 Å². The number of aromatic nitrogens is 4. The average molecular weight is 453 g/mol. The Balaban J connectivity index is 1.41. The van der Waals surface area contributed by atoms with Crippen molar-refractivity contribution in [3.05, 3.63) is 60.4 Å². The van der Waals surface area contributed by atoms with Crippen LogP contribution in [0.2, 0.25) is 0 Å². The molecule has 0 radical (unpaired) electrons. The van der Waals surface area contributed by atoms with Crippen LogP contribution in [0.1, 0.15) is 18.4 Å². The zero-order valence-electron chi connectivity index (χ0n) is 16.1. The highest BCUT2D eigenvalue weighted by molar-refractivity contribution is 7.89. The van der Waals surface area contributed by atoms with Crippen LogP contribution in [0.25, 0.3) is 5.69 Å². The molecule has 164 valence electrons. The van der Waals surface area contributed by atoms with Crippen LogP contribution in [-0.2, 0) is 16.2 Å². The number of halogens is 3. The molecule has 1 aromatic heterocycles. The van der Waals surface area contributed by atoms with Crippen LogP contribution in [-0.4, -0.2) is 52.1 Å². The Hall–Kier alpha value is -2.99. The number of ether oxygens (including phenoxy) is 1. The second-order valence-corrected chi connectivity index (χ2v) is 8.87. The van der Waals surface area contributed by atoms with Gasteiger partial charge >= 0.3 is 6.18 Å². The molecule has 0 atom stereocenters. The molecular formula is C19H18F3N5O3S. The molecule has 1 aliphatic heterocycles. The number of hydrogen-bond acceptors (Lipinski definition) is 6. The van der Waals surface area contributed by atoms with Gasteiger partial charge in [-0.15, -0.1) is 5.10 Å². The van der Waals surface area contributed by atoms with Crippen LogP contribution in [0.3, 0.4) is 0 Å². The summed E-state index contributed by atoms with van der Waals surface area (Å²) in [6.07, 6.45) is -2.81. The summed E-state index contributed by atoms with van der Waals surface area (Å²) in [5.41, 5.74) is -0.405. The predicted molar refractivity (Wildman–Crippen MR) is 103 cm³/mol. The zero-order valence-corrected chi connectivity index (χ0v) is 16.9. The van der Waals surface area contributed by atoms with Crippen molar-refractivity contribution in [2.45, 2.75) is 30.0 Å². The van der Waals surface area contributed by atoms with Crippen molar-refractivity contribution in [3.63, 3.8) is 0 Å². The topological polar surface area (TPSA) is 90.2 Å². The van der Waals surface area contributed by atoms with Gasteiger partial charge in [-0.2, -0.15) is 17.5 Å². The number of benzene rings is 2. The fraction of sp³-hybridized carbons (Fsp3) is 0.316. The van der Waals surface area contributed by atoms with Gasteiger partial charge in [0.15, 0.2) is 0 Å². The molecule has 8 nitrogen and oxygen atoms in total.